The number of rotatable bonds is 4. The van der Waals surface area contributed by atoms with Crippen LogP contribution in [0.3, 0.4) is 0 Å². The molecular weight excluding hydrogens is 262 g/mol. The van der Waals surface area contributed by atoms with Crippen LogP contribution in [0, 0.1) is 0 Å². The molecule has 0 atom stereocenters. The van der Waals surface area contributed by atoms with Crippen LogP contribution < -0.4 is 11.1 Å². The molecule has 0 aliphatic rings. The second kappa shape index (κ2) is 5.71. The minimum atomic E-state index is -0.0538. The number of anilines is 1. The first kappa shape index (κ1) is 13.2. The fourth-order valence-corrected chi connectivity index (χ4v) is 2.30. The van der Waals surface area contributed by atoms with Crippen LogP contribution >= 0.6 is 0 Å². The van der Waals surface area contributed by atoms with Crippen molar-refractivity contribution in [1.29, 1.82) is 0 Å². The van der Waals surface area contributed by atoms with E-state index in [1.165, 1.54) is 0 Å². The van der Waals surface area contributed by atoms with Crippen LogP contribution in [-0.4, -0.2) is 17.4 Å². The molecule has 3 aromatic rings. The number of aromatic nitrogens is 1. The Morgan fingerprint density at radius 1 is 1.10 bits per heavy atom. The topological polar surface area (TPSA) is 70.9 Å². The molecule has 21 heavy (non-hydrogen) atoms. The van der Waals surface area contributed by atoms with Gasteiger partial charge in [0.05, 0.1) is 0 Å². The van der Waals surface area contributed by atoms with Gasteiger partial charge >= 0.3 is 0 Å². The average molecular weight is 279 g/mol. The van der Waals surface area contributed by atoms with Crippen molar-refractivity contribution >= 4 is 22.5 Å². The quantitative estimate of drug-likeness (QED) is 0.643. The second-order valence-corrected chi connectivity index (χ2v) is 5.03. The van der Waals surface area contributed by atoms with E-state index in [2.05, 4.69) is 10.3 Å². The molecular formula is C17H17N3O. The minimum absolute atomic E-state index is 0.0538. The maximum absolute atomic E-state index is 12.1. The minimum Gasteiger partial charge on any atom is -0.399 e. The van der Waals surface area contributed by atoms with E-state index in [1.807, 2.05) is 54.7 Å². The van der Waals surface area contributed by atoms with Crippen molar-refractivity contribution in [2.75, 3.05) is 12.3 Å². The Balaban J connectivity index is 1.59. The summed E-state index contributed by atoms with van der Waals surface area (Å²) in [5.41, 5.74) is 9.19. The number of benzene rings is 2. The van der Waals surface area contributed by atoms with Gasteiger partial charge < -0.3 is 16.0 Å². The van der Waals surface area contributed by atoms with E-state index in [4.69, 9.17) is 5.73 Å². The van der Waals surface area contributed by atoms with Crippen LogP contribution in [-0.2, 0) is 6.42 Å². The number of carbonyl (C=O) groups is 1. The van der Waals surface area contributed by atoms with Gasteiger partial charge in [0.25, 0.3) is 5.91 Å². The highest BCUT2D eigenvalue weighted by Gasteiger charge is 2.06. The lowest BCUT2D eigenvalue weighted by molar-refractivity contribution is 0.0954. The predicted molar refractivity (Wildman–Crippen MR) is 85.2 cm³/mol. The summed E-state index contributed by atoms with van der Waals surface area (Å²) in [4.78, 5) is 15.2. The van der Waals surface area contributed by atoms with E-state index in [0.29, 0.717) is 12.1 Å². The molecule has 106 valence electrons. The van der Waals surface area contributed by atoms with Crippen LogP contribution in [0.4, 0.5) is 5.69 Å². The van der Waals surface area contributed by atoms with E-state index in [9.17, 15) is 4.79 Å². The van der Waals surface area contributed by atoms with E-state index in [1.54, 1.807) is 0 Å². The van der Waals surface area contributed by atoms with Crippen LogP contribution in [0.25, 0.3) is 10.9 Å². The molecule has 0 saturated heterocycles. The van der Waals surface area contributed by atoms with Crippen LogP contribution in [0.1, 0.15) is 15.9 Å². The first-order valence-corrected chi connectivity index (χ1v) is 6.92. The number of nitrogens with one attached hydrogen (secondary N) is 2. The second-order valence-electron chi connectivity index (χ2n) is 5.03. The average Bonchev–Trinajstić information content (AvgIpc) is 2.96. The number of hydrogen-bond donors (Lipinski definition) is 3. The van der Waals surface area contributed by atoms with Gasteiger partial charge in [-0.1, -0.05) is 18.2 Å². The number of hydrogen-bond acceptors (Lipinski definition) is 2. The number of carbonyl (C=O) groups excluding carboxylic acids is 1. The summed E-state index contributed by atoms with van der Waals surface area (Å²) in [7, 11) is 0. The van der Waals surface area contributed by atoms with Crippen molar-refractivity contribution in [3.05, 3.63) is 65.9 Å². The molecule has 4 heteroatoms. The Bertz CT molecular complexity index is 759. The van der Waals surface area contributed by atoms with Gasteiger partial charge in [-0.05, 0) is 47.7 Å². The van der Waals surface area contributed by atoms with Crippen LogP contribution in [0.15, 0.2) is 54.7 Å². The van der Waals surface area contributed by atoms with Gasteiger partial charge in [0, 0.05) is 29.5 Å². The summed E-state index contributed by atoms with van der Waals surface area (Å²) >= 11 is 0. The number of H-pyrrole nitrogens is 1. The van der Waals surface area contributed by atoms with Crippen LogP contribution in [0.2, 0.25) is 0 Å². The highest BCUT2D eigenvalue weighted by Crippen LogP contribution is 2.14. The molecule has 1 heterocycles. The fraction of sp³-hybridized carbons (Fsp3) is 0.118. The summed E-state index contributed by atoms with van der Waals surface area (Å²) in [6, 6.07) is 15.3. The molecule has 0 aliphatic carbocycles. The normalized spacial score (nSPS) is 10.7. The number of aromatic amines is 1. The van der Waals surface area contributed by atoms with Gasteiger partial charge in [-0.15, -0.1) is 0 Å². The third kappa shape index (κ3) is 3.05. The molecule has 4 nitrogen and oxygen atoms in total. The first-order chi connectivity index (χ1) is 10.2. The Hall–Kier alpha value is -2.75. The van der Waals surface area contributed by atoms with Crippen molar-refractivity contribution in [3.63, 3.8) is 0 Å². The zero-order chi connectivity index (χ0) is 14.7. The Kier molecular flexibility index (Phi) is 3.60. The molecule has 0 spiro atoms. The summed E-state index contributed by atoms with van der Waals surface area (Å²) < 4.78 is 0. The van der Waals surface area contributed by atoms with Crippen molar-refractivity contribution in [3.8, 4) is 0 Å². The van der Waals surface area contributed by atoms with Crippen LogP contribution in [0.5, 0.6) is 0 Å². The van der Waals surface area contributed by atoms with Crippen molar-refractivity contribution < 1.29 is 4.79 Å². The lowest BCUT2D eigenvalue weighted by Gasteiger charge is -2.06. The molecule has 1 amide bonds. The van der Waals surface area contributed by atoms with Gasteiger partial charge in [0.1, 0.15) is 0 Å². The zero-order valence-electron chi connectivity index (χ0n) is 11.6. The lowest BCUT2D eigenvalue weighted by Crippen LogP contribution is -2.25. The predicted octanol–water partition coefficient (Wildman–Crippen LogP) is 2.72. The largest absolute Gasteiger partial charge is 0.399 e. The molecule has 2 aromatic carbocycles. The summed E-state index contributed by atoms with van der Waals surface area (Å²) in [5, 5.41) is 4.04. The number of fused-ring (bicyclic) bond motifs is 1. The number of nitrogen functional groups attached to an aromatic ring is 1. The summed E-state index contributed by atoms with van der Waals surface area (Å²) in [6.07, 6.45) is 2.66. The SMILES string of the molecule is Nc1ccc(CCNC(=O)c2ccc3cc[nH]c3c2)cc1. The van der Waals surface area contributed by atoms with Crippen molar-refractivity contribution in [2.45, 2.75) is 6.42 Å². The highest BCUT2D eigenvalue weighted by atomic mass is 16.1. The van der Waals surface area contributed by atoms with Crippen molar-refractivity contribution in [1.82, 2.24) is 10.3 Å². The van der Waals surface area contributed by atoms with Gasteiger partial charge in [0.2, 0.25) is 0 Å². The monoisotopic (exact) mass is 279 g/mol. The number of amides is 1. The Morgan fingerprint density at radius 3 is 2.71 bits per heavy atom. The first-order valence-electron chi connectivity index (χ1n) is 6.92. The fourth-order valence-electron chi connectivity index (χ4n) is 2.30. The van der Waals surface area contributed by atoms with Crippen molar-refractivity contribution in [2.24, 2.45) is 0 Å². The van der Waals surface area contributed by atoms with E-state index >= 15 is 0 Å². The molecule has 0 radical (unpaired) electrons. The van der Waals surface area contributed by atoms with Gasteiger partial charge in [-0.2, -0.15) is 0 Å². The van der Waals surface area contributed by atoms with E-state index in [-0.39, 0.29) is 5.91 Å². The molecule has 3 rings (SSSR count). The summed E-state index contributed by atoms with van der Waals surface area (Å²) in [5.74, 6) is -0.0538. The highest BCUT2D eigenvalue weighted by molar-refractivity contribution is 5.97. The third-order valence-corrected chi connectivity index (χ3v) is 3.50. The molecule has 0 bridgehead atoms. The molecule has 0 fully saturated rings. The van der Waals surface area contributed by atoms with Gasteiger partial charge in [0.15, 0.2) is 0 Å². The third-order valence-electron chi connectivity index (χ3n) is 3.50. The Morgan fingerprint density at radius 2 is 1.90 bits per heavy atom. The molecule has 0 unspecified atom stereocenters. The molecule has 0 saturated carbocycles. The molecule has 4 N–H and O–H groups in total. The molecule has 0 aliphatic heterocycles. The lowest BCUT2D eigenvalue weighted by atomic mass is 10.1. The van der Waals surface area contributed by atoms with Gasteiger partial charge in [-0.25, -0.2) is 0 Å². The standard InChI is InChI=1S/C17H17N3O/c18-15-5-1-12(2-6-15)7-9-20-17(21)14-4-3-13-8-10-19-16(13)11-14/h1-6,8,10-11,19H,7,9,18H2,(H,20,21). The van der Waals surface area contributed by atoms with Gasteiger partial charge in [-0.3, -0.25) is 4.79 Å². The number of nitrogens with two attached hydrogens (primary N) is 1. The molecule has 1 aromatic heterocycles. The smallest absolute Gasteiger partial charge is 0.251 e. The maximum atomic E-state index is 12.1. The van der Waals surface area contributed by atoms with E-state index in [0.717, 1.165) is 28.6 Å². The zero-order valence-corrected chi connectivity index (χ0v) is 11.6. The Labute approximate surface area is 123 Å². The maximum Gasteiger partial charge on any atom is 0.251 e. The summed E-state index contributed by atoms with van der Waals surface area (Å²) in [6.45, 7) is 0.603. The van der Waals surface area contributed by atoms with E-state index < -0.39 is 0 Å².